The molecule has 1 atom stereocenters. The second-order valence-corrected chi connectivity index (χ2v) is 12.3. The molecule has 0 spiro atoms. The summed E-state index contributed by atoms with van der Waals surface area (Å²) in [7, 11) is -1.95. The van der Waals surface area contributed by atoms with Gasteiger partial charge in [0.15, 0.2) is 0 Å². The highest BCUT2D eigenvalue weighted by atomic mass is 32.2. The predicted molar refractivity (Wildman–Crippen MR) is 165 cm³/mol. The maximum Gasteiger partial charge on any atom is 0.247 e. The van der Waals surface area contributed by atoms with Crippen LogP contribution in [0.5, 0.6) is 5.75 Å². The molecule has 0 heterocycles. The number of amides is 2. The Hall–Kier alpha value is -3.73. The molecule has 0 aliphatic heterocycles. The zero-order valence-electron chi connectivity index (χ0n) is 24.8. The summed E-state index contributed by atoms with van der Waals surface area (Å²) in [5, 5.41) is 3.00. The maximum atomic E-state index is 13.9. The van der Waals surface area contributed by atoms with Gasteiger partial charge in [-0.15, -0.1) is 0 Å². The molecule has 3 aromatic carbocycles. The van der Waals surface area contributed by atoms with E-state index in [0.29, 0.717) is 43.9 Å². The lowest BCUT2D eigenvalue weighted by molar-refractivity contribution is -0.141. The van der Waals surface area contributed by atoms with E-state index in [4.69, 9.17) is 9.47 Å². The van der Waals surface area contributed by atoms with Crippen molar-refractivity contribution < 1.29 is 27.5 Å². The smallest absolute Gasteiger partial charge is 0.247 e. The fourth-order valence-electron chi connectivity index (χ4n) is 4.70. The molecule has 9 nitrogen and oxygen atoms in total. The summed E-state index contributed by atoms with van der Waals surface area (Å²) in [5.41, 5.74) is 2.40. The Morgan fingerprint density at radius 2 is 1.63 bits per heavy atom. The molecule has 230 valence electrons. The number of sulfonamides is 1. The van der Waals surface area contributed by atoms with Gasteiger partial charge < -0.3 is 19.7 Å². The largest absolute Gasteiger partial charge is 0.497 e. The molecule has 1 aliphatic carbocycles. The van der Waals surface area contributed by atoms with E-state index < -0.39 is 16.1 Å². The molecular weight excluding hydrogens is 566 g/mol. The molecule has 0 bridgehead atoms. The van der Waals surface area contributed by atoms with Crippen molar-refractivity contribution in [3.05, 3.63) is 95.6 Å². The molecule has 10 heteroatoms. The summed E-state index contributed by atoms with van der Waals surface area (Å²) in [4.78, 5) is 29.4. The molecule has 4 rings (SSSR count). The number of carbonyl (C=O) groups excluding carboxylic acids is 2. The van der Waals surface area contributed by atoms with Crippen LogP contribution in [0.2, 0.25) is 0 Å². The molecule has 0 unspecified atom stereocenters. The third-order valence-electron chi connectivity index (χ3n) is 7.24. The summed E-state index contributed by atoms with van der Waals surface area (Å²) in [6.45, 7) is 3.73. The summed E-state index contributed by atoms with van der Waals surface area (Å²) in [6, 6.07) is 22.5. The second kappa shape index (κ2) is 15.7. The first-order chi connectivity index (χ1) is 20.8. The van der Waals surface area contributed by atoms with Gasteiger partial charge in [0.05, 0.1) is 12.0 Å². The molecule has 2 amide bonds. The average Bonchev–Trinajstić information content (AvgIpc) is 3.84. The monoisotopic (exact) mass is 607 g/mol. The zero-order valence-corrected chi connectivity index (χ0v) is 25.6. The lowest BCUT2D eigenvalue weighted by Crippen LogP contribution is -2.43. The van der Waals surface area contributed by atoms with Gasteiger partial charge >= 0.3 is 0 Å². The predicted octanol–water partition coefficient (Wildman–Crippen LogP) is 4.38. The summed E-state index contributed by atoms with van der Waals surface area (Å²) >= 11 is 0. The lowest BCUT2D eigenvalue weighted by Gasteiger charge is -2.32. The van der Waals surface area contributed by atoms with Crippen molar-refractivity contribution in [2.24, 2.45) is 0 Å². The Kier molecular flexibility index (Phi) is 11.7. The molecule has 1 aliphatic rings. The number of hydrogen-bond acceptors (Lipinski definition) is 6. The topological polar surface area (TPSA) is 114 Å². The van der Waals surface area contributed by atoms with Gasteiger partial charge in [0.25, 0.3) is 0 Å². The Bertz CT molecular complexity index is 1430. The summed E-state index contributed by atoms with van der Waals surface area (Å²) in [6.07, 6.45) is 2.92. The third kappa shape index (κ3) is 9.64. The van der Waals surface area contributed by atoms with Crippen LogP contribution in [-0.2, 0) is 37.3 Å². The molecule has 3 aromatic rings. The number of methoxy groups -OCH3 is 1. The summed E-state index contributed by atoms with van der Waals surface area (Å²) in [5.74, 6) is 0.245. The van der Waals surface area contributed by atoms with Crippen LogP contribution in [0, 0.1) is 0 Å². The number of aryl methyl sites for hydroxylation is 1. The van der Waals surface area contributed by atoms with Crippen molar-refractivity contribution >= 4 is 21.8 Å². The highest BCUT2D eigenvalue weighted by molar-refractivity contribution is 7.89. The van der Waals surface area contributed by atoms with E-state index in [1.807, 2.05) is 61.5 Å². The second-order valence-electron chi connectivity index (χ2n) is 10.6. The van der Waals surface area contributed by atoms with Crippen molar-refractivity contribution in [1.29, 1.82) is 0 Å². The zero-order chi connectivity index (χ0) is 30.7. The normalized spacial score (nSPS) is 13.7. The molecule has 2 N–H and O–H groups in total. The van der Waals surface area contributed by atoms with E-state index in [1.165, 1.54) is 0 Å². The third-order valence-corrected chi connectivity index (χ3v) is 8.77. The van der Waals surface area contributed by atoms with Crippen molar-refractivity contribution in [3.8, 4) is 5.75 Å². The van der Waals surface area contributed by atoms with Gasteiger partial charge in [0, 0.05) is 38.8 Å². The van der Waals surface area contributed by atoms with Crippen LogP contribution in [0.1, 0.15) is 55.3 Å². The van der Waals surface area contributed by atoms with E-state index in [2.05, 4.69) is 10.0 Å². The van der Waals surface area contributed by atoms with E-state index in [-0.39, 0.29) is 35.7 Å². The van der Waals surface area contributed by atoms with Crippen molar-refractivity contribution in [2.45, 2.75) is 62.6 Å². The van der Waals surface area contributed by atoms with Crippen LogP contribution < -0.4 is 14.8 Å². The number of rotatable bonds is 17. The van der Waals surface area contributed by atoms with Gasteiger partial charge in [0.1, 0.15) is 11.8 Å². The number of hydrogen-bond donors (Lipinski definition) is 2. The molecule has 0 radical (unpaired) electrons. The first-order valence-corrected chi connectivity index (χ1v) is 16.2. The minimum Gasteiger partial charge on any atom is -0.497 e. The van der Waals surface area contributed by atoms with Crippen LogP contribution in [0.4, 0.5) is 0 Å². The van der Waals surface area contributed by atoms with E-state index >= 15 is 0 Å². The van der Waals surface area contributed by atoms with Gasteiger partial charge in [-0.1, -0.05) is 54.6 Å². The van der Waals surface area contributed by atoms with Gasteiger partial charge in [-0.3, -0.25) is 9.59 Å². The molecule has 0 aromatic heterocycles. The molecular formula is C33H41N3O6S. The van der Waals surface area contributed by atoms with Crippen LogP contribution >= 0.6 is 0 Å². The fourth-order valence-corrected chi connectivity index (χ4v) is 6.01. The van der Waals surface area contributed by atoms with Crippen LogP contribution in [0.25, 0.3) is 0 Å². The number of nitrogens with zero attached hydrogens (tertiary/aromatic N) is 1. The molecule has 43 heavy (non-hydrogen) atoms. The van der Waals surface area contributed by atoms with Crippen molar-refractivity contribution in [1.82, 2.24) is 14.9 Å². The highest BCUT2D eigenvalue weighted by Crippen LogP contribution is 2.26. The van der Waals surface area contributed by atoms with Gasteiger partial charge in [-0.2, -0.15) is 0 Å². The van der Waals surface area contributed by atoms with Crippen molar-refractivity contribution in [3.63, 3.8) is 0 Å². The molecule has 1 saturated carbocycles. The quantitative estimate of drug-likeness (QED) is 0.220. The first-order valence-electron chi connectivity index (χ1n) is 14.7. The molecule has 1 fully saturated rings. The van der Waals surface area contributed by atoms with Crippen molar-refractivity contribution in [2.75, 3.05) is 26.9 Å². The lowest BCUT2D eigenvalue weighted by atomic mass is 10.0. The number of ether oxygens (including phenoxy) is 2. The van der Waals surface area contributed by atoms with Gasteiger partial charge in [-0.05, 0) is 73.6 Å². The van der Waals surface area contributed by atoms with Gasteiger partial charge in [-0.25, -0.2) is 13.1 Å². The van der Waals surface area contributed by atoms with E-state index in [0.717, 1.165) is 24.0 Å². The molecule has 0 saturated heterocycles. The van der Waals surface area contributed by atoms with Crippen LogP contribution in [0.15, 0.2) is 83.8 Å². The standard InChI is InChI=1S/C33H41N3O6S/c1-3-42-23-7-22-34-33(38)32(27-8-5-4-6-9-27)36(24-26-10-17-29(41-2)18-11-26)31(37)21-14-25-12-19-30(20-13-25)43(39,40)35-28-15-16-28/h4-6,8-13,17-20,28,32,35H,3,7,14-16,21-24H2,1-2H3,(H,34,38)/t32-/m0/s1. The van der Waals surface area contributed by atoms with E-state index in [9.17, 15) is 18.0 Å². The number of carbonyl (C=O) groups is 2. The summed E-state index contributed by atoms with van der Waals surface area (Å²) < 4.78 is 38.5. The van der Waals surface area contributed by atoms with Crippen LogP contribution in [-0.4, -0.2) is 58.0 Å². The minimum absolute atomic E-state index is 0.0263. The van der Waals surface area contributed by atoms with E-state index in [1.54, 1.807) is 36.3 Å². The Labute approximate surface area is 254 Å². The first kappa shape index (κ1) is 32.2. The Morgan fingerprint density at radius 3 is 2.26 bits per heavy atom. The van der Waals surface area contributed by atoms with Gasteiger partial charge in [0.2, 0.25) is 21.8 Å². The minimum atomic E-state index is -3.55. The van der Waals surface area contributed by atoms with Crippen LogP contribution in [0.3, 0.4) is 0 Å². The maximum absolute atomic E-state index is 13.9. The fraction of sp³-hybridized carbons (Fsp3) is 0.394. The Morgan fingerprint density at radius 1 is 0.953 bits per heavy atom. The average molecular weight is 608 g/mol. The SMILES string of the molecule is CCOCCCNC(=O)[C@H](c1ccccc1)N(Cc1ccc(OC)cc1)C(=O)CCc1ccc(S(=O)(=O)NC2CC2)cc1. The number of benzene rings is 3. The number of nitrogens with one attached hydrogen (secondary N) is 2. The Balaban J connectivity index is 1.53. The highest BCUT2D eigenvalue weighted by Gasteiger charge is 2.31.